The van der Waals surface area contributed by atoms with Gasteiger partial charge in [-0.05, 0) is 35.2 Å². The van der Waals surface area contributed by atoms with Crippen molar-refractivity contribution >= 4 is 17.7 Å². The van der Waals surface area contributed by atoms with Crippen molar-refractivity contribution in [3.8, 4) is 0 Å². The van der Waals surface area contributed by atoms with Gasteiger partial charge in [-0.1, -0.05) is 36.4 Å². The Morgan fingerprint density at radius 1 is 1.10 bits per heavy atom. The molecule has 1 aliphatic heterocycles. The molecule has 1 aliphatic rings. The Morgan fingerprint density at radius 2 is 1.79 bits per heavy atom. The summed E-state index contributed by atoms with van der Waals surface area (Å²) in [6, 6.07) is 15.0. The van der Waals surface area contributed by atoms with Crippen LogP contribution in [0.25, 0.3) is 0 Å². The predicted molar refractivity (Wildman–Crippen MR) is 111 cm³/mol. The normalized spacial score (nSPS) is 15.4. The van der Waals surface area contributed by atoms with Crippen molar-refractivity contribution in [3.63, 3.8) is 0 Å². The SMILES string of the molecule is CNC(=O)c1ccc(CN(C)C(=O)CC2c3ccccc3CCN2C(C)=O)cc1. The van der Waals surface area contributed by atoms with E-state index in [1.54, 1.807) is 43.0 Å². The lowest BCUT2D eigenvalue weighted by molar-refractivity contribution is -0.136. The van der Waals surface area contributed by atoms with Gasteiger partial charge in [-0.25, -0.2) is 0 Å². The van der Waals surface area contributed by atoms with Gasteiger partial charge in [0, 0.05) is 39.7 Å². The average molecular weight is 393 g/mol. The summed E-state index contributed by atoms with van der Waals surface area (Å²) in [6.07, 6.45) is 1.07. The van der Waals surface area contributed by atoms with Crippen LogP contribution in [0.2, 0.25) is 0 Å². The van der Waals surface area contributed by atoms with Gasteiger partial charge in [0.2, 0.25) is 11.8 Å². The van der Waals surface area contributed by atoms with E-state index >= 15 is 0 Å². The molecule has 1 atom stereocenters. The van der Waals surface area contributed by atoms with E-state index in [0.717, 1.165) is 17.5 Å². The number of benzene rings is 2. The first-order chi connectivity index (χ1) is 13.9. The predicted octanol–water partition coefficient (Wildman–Crippen LogP) is 2.54. The van der Waals surface area contributed by atoms with Gasteiger partial charge in [0.05, 0.1) is 12.5 Å². The van der Waals surface area contributed by atoms with E-state index in [0.29, 0.717) is 18.7 Å². The van der Waals surface area contributed by atoms with E-state index < -0.39 is 0 Å². The number of carbonyl (C=O) groups is 3. The van der Waals surface area contributed by atoms with Crippen LogP contribution in [0.15, 0.2) is 48.5 Å². The molecule has 2 aromatic rings. The highest BCUT2D eigenvalue weighted by molar-refractivity contribution is 5.93. The first-order valence-electron chi connectivity index (χ1n) is 9.80. The number of fused-ring (bicyclic) bond motifs is 1. The maximum absolute atomic E-state index is 12.9. The summed E-state index contributed by atoms with van der Waals surface area (Å²) in [5.41, 5.74) is 3.79. The lowest BCUT2D eigenvalue weighted by Gasteiger charge is -2.37. The molecular formula is C23H27N3O3. The Morgan fingerprint density at radius 3 is 2.45 bits per heavy atom. The third-order valence-corrected chi connectivity index (χ3v) is 5.47. The number of carbonyl (C=O) groups excluding carboxylic acids is 3. The molecule has 1 N–H and O–H groups in total. The highest BCUT2D eigenvalue weighted by Gasteiger charge is 2.31. The molecule has 0 saturated heterocycles. The summed E-state index contributed by atoms with van der Waals surface area (Å²) in [7, 11) is 3.36. The van der Waals surface area contributed by atoms with Crippen LogP contribution >= 0.6 is 0 Å². The number of hydrogen-bond acceptors (Lipinski definition) is 3. The van der Waals surface area contributed by atoms with Gasteiger partial charge in [0.1, 0.15) is 0 Å². The van der Waals surface area contributed by atoms with E-state index in [1.165, 1.54) is 5.56 Å². The minimum absolute atomic E-state index is 0.00949. The Bertz CT molecular complexity index is 908. The maximum Gasteiger partial charge on any atom is 0.251 e. The van der Waals surface area contributed by atoms with Crippen molar-refractivity contribution in [1.82, 2.24) is 15.1 Å². The zero-order valence-corrected chi connectivity index (χ0v) is 17.1. The fourth-order valence-electron chi connectivity index (χ4n) is 3.84. The molecule has 2 aromatic carbocycles. The van der Waals surface area contributed by atoms with E-state index in [4.69, 9.17) is 0 Å². The summed E-state index contributed by atoms with van der Waals surface area (Å²) in [5.74, 6) is -0.167. The van der Waals surface area contributed by atoms with Gasteiger partial charge in [-0.15, -0.1) is 0 Å². The summed E-state index contributed by atoms with van der Waals surface area (Å²) in [6.45, 7) is 2.64. The van der Waals surface area contributed by atoms with Crippen LogP contribution in [-0.2, 0) is 22.6 Å². The molecule has 3 rings (SSSR count). The van der Waals surface area contributed by atoms with Crippen molar-refractivity contribution in [3.05, 3.63) is 70.8 Å². The second-order valence-corrected chi connectivity index (χ2v) is 7.41. The van der Waals surface area contributed by atoms with Crippen LogP contribution in [0.5, 0.6) is 0 Å². The van der Waals surface area contributed by atoms with Crippen LogP contribution in [0.1, 0.15) is 46.4 Å². The van der Waals surface area contributed by atoms with Gasteiger partial charge in [0.25, 0.3) is 5.91 Å². The van der Waals surface area contributed by atoms with Gasteiger partial charge < -0.3 is 15.1 Å². The maximum atomic E-state index is 12.9. The topological polar surface area (TPSA) is 69.7 Å². The Kier molecular flexibility index (Phi) is 6.32. The molecule has 0 bridgehead atoms. The molecule has 0 saturated carbocycles. The van der Waals surface area contributed by atoms with Crippen molar-refractivity contribution in [1.29, 1.82) is 0 Å². The number of amides is 3. The van der Waals surface area contributed by atoms with E-state index in [9.17, 15) is 14.4 Å². The lowest BCUT2D eigenvalue weighted by Crippen LogP contribution is -2.41. The van der Waals surface area contributed by atoms with Crippen LogP contribution in [-0.4, -0.2) is 48.2 Å². The van der Waals surface area contributed by atoms with Crippen molar-refractivity contribution < 1.29 is 14.4 Å². The van der Waals surface area contributed by atoms with E-state index in [1.807, 2.05) is 30.3 Å². The molecule has 152 valence electrons. The molecule has 0 fully saturated rings. The monoisotopic (exact) mass is 393 g/mol. The van der Waals surface area contributed by atoms with Gasteiger partial charge in [-0.2, -0.15) is 0 Å². The minimum Gasteiger partial charge on any atom is -0.355 e. The number of hydrogen-bond donors (Lipinski definition) is 1. The average Bonchev–Trinajstić information content (AvgIpc) is 2.73. The molecule has 1 heterocycles. The molecule has 6 nitrogen and oxygen atoms in total. The van der Waals surface area contributed by atoms with Crippen LogP contribution < -0.4 is 5.32 Å². The van der Waals surface area contributed by atoms with E-state index in [-0.39, 0.29) is 30.2 Å². The summed E-state index contributed by atoms with van der Waals surface area (Å²) in [5, 5.41) is 2.59. The molecule has 0 radical (unpaired) electrons. The molecule has 0 aliphatic carbocycles. The minimum atomic E-state index is -0.233. The zero-order chi connectivity index (χ0) is 21.0. The number of nitrogens with zero attached hydrogens (tertiary/aromatic N) is 2. The molecule has 29 heavy (non-hydrogen) atoms. The highest BCUT2D eigenvalue weighted by atomic mass is 16.2. The number of nitrogens with one attached hydrogen (secondary N) is 1. The van der Waals surface area contributed by atoms with Crippen LogP contribution in [0.4, 0.5) is 0 Å². The first-order valence-corrected chi connectivity index (χ1v) is 9.80. The quantitative estimate of drug-likeness (QED) is 0.849. The molecule has 0 spiro atoms. The van der Waals surface area contributed by atoms with Crippen molar-refractivity contribution in [2.24, 2.45) is 0 Å². The Labute approximate surface area is 171 Å². The zero-order valence-electron chi connectivity index (χ0n) is 17.1. The van der Waals surface area contributed by atoms with E-state index in [2.05, 4.69) is 11.4 Å². The third-order valence-electron chi connectivity index (χ3n) is 5.47. The van der Waals surface area contributed by atoms with Gasteiger partial charge in [0.15, 0.2) is 0 Å². The number of rotatable bonds is 5. The Hall–Kier alpha value is -3.15. The Balaban J connectivity index is 1.71. The molecule has 6 heteroatoms. The smallest absolute Gasteiger partial charge is 0.251 e. The molecule has 3 amide bonds. The molecular weight excluding hydrogens is 366 g/mol. The summed E-state index contributed by atoms with van der Waals surface area (Å²) < 4.78 is 0. The fourth-order valence-corrected chi connectivity index (χ4v) is 3.84. The second kappa shape index (κ2) is 8.90. The standard InChI is InChI=1S/C23H27N3O3/c1-16(27)26-13-12-18-6-4-5-7-20(18)21(26)14-22(28)25(3)15-17-8-10-19(11-9-17)23(29)24-2/h4-11,21H,12-15H2,1-3H3,(H,24,29). The molecule has 1 unspecified atom stereocenters. The first kappa shape index (κ1) is 20.6. The van der Waals surface area contributed by atoms with Crippen LogP contribution in [0.3, 0.4) is 0 Å². The van der Waals surface area contributed by atoms with Gasteiger partial charge >= 0.3 is 0 Å². The fraction of sp³-hybridized carbons (Fsp3) is 0.348. The molecule has 0 aromatic heterocycles. The van der Waals surface area contributed by atoms with Crippen molar-refractivity contribution in [2.45, 2.75) is 32.4 Å². The lowest BCUT2D eigenvalue weighted by atomic mass is 9.90. The van der Waals surface area contributed by atoms with Crippen LogP contribution in [0, 0.1) is 0 Å². The largest absolute Gasteiger partial charge is 0.355 e. The highest BCUT2D eigenvalue weighted by Crippen LogP contribution is 2.32. The summed E-state index contributed by atoms with van der Waals surface area (Å²) in [4.78, 5) is 40.2. The van der Waals surface area contributed by atoms with Gasteiger partial charge in [-0.3, -0.25) is 14.4 Å². The second-order valence-electron chi connectivity index (χ2n) is 7.41. The summed E-state index contributed by atoms with van der Waals surface area (Å²) >= 11 is 0. The third kappa shape index (κ3) is 4.65. The van der Waals surface area contributed by atoms with Crippen molar-refractivity contribution in [2.75, 3.05) is 20.6 Å².